The number of rotatable bonds is 5. The van der Waals surface area contributed by atoms with Gasteiger partial charge in [-0.1, -0.05) is 30.3 Å². The predicted octanol–water partition coefficient (Wildman–Crippen LogP) is 1.85. The molecule has 2 amide bonds. The third kappa shape index (κ3) is 4.98. The second-order valence-corrected chi connectivity index (χ2v) is 10.3. The molecule has 0 aliphatic carbocycles. The molecule has 10 heteroatoms. The molecule has 0 unspecified atom stereocenters. The fourth-order valence-corrected chi connectivity index (χ4v) is 5.64. The lowest BCUT2D eigenvalue weighted by atomic mass is 10.1. The molecule has 2 aromatic rings. The van der Waals surface area contributed by atoms with Crippen LogP contribution < -0.4 is 10.4 Å². The van der Waals surface area contributed by atoms with E-state index in [2.05, 4.69) is 4.90 Å². The zero-order valence-corrected chi connectivity index (χ0v) is 19.8. The lowest BCUT2D eigenvalue weighted by Gasteiger charge is -2.35. The molecule has 0 spiro atoms. The summed E-state index contributed by atoms with van der Waals surface area (Å²) in [5, 5.41) is 8.73. The molecule has 0 aromatic heterocycles. The Kier molecular flexibility index (Phi) is 7.01. The van der Waals surface area contributed by atoms with Crippen LogP contribution in [0.5, 0.6) is 0 Å². The maximum Gasteiger partial charge on any atom is 0.270 e. The highest BCUT2D eigenvalue weighted by Crippen LogP contribution is 2.27. The Bertz CT molecular complexity index is 1180. The fraction of sp³-hybridized carbons (Fsp3) is 0.333. The van der Waals surface area contributed by atoms with Crippen LogP contribution >= 0.6 is 0 Å². The van der Waals surface area contributed by atoms with Crippen molar-refractivity contribution in [2.75, 3.05) is 44.2 Å². The number of hydrogen-bond donors (Lipinski definition) is 2. The van der Waals surface area contributed by atoms with Crippen molar-refractivity contribution in [2.24, 2.45) is 0 Å². The summed E-state index contributed by atoms with van der Waals surface area (Å²) >= 11 is 0. The topological polar surface area (TPSA) is 110 Å². The van der Waals surface area contributed by atoms with Gasteiger partial charge in [-0.15, -0.1) is 0 Å². The number of carbonyl (C=O) groups excluding carboxylic acids is 2. The van der Waals surface area contributed by atoms with Gasteiger partial charge in [0.25, 0.3) is 5.91 Å². The third-order valence-electron chi connectivity index (χ3n) is 6.35. The maximum atomic E-state index is 13.0. The van der Waals surface area contributed by atoms with Crippen LogP contribution in [0.3, 0.4) is 0 Å². The molecule has 0 bridgehead atoms. The molecule has 1 saturated heterocycles. The number of carbonyl (C=O) groups is 2. The zero-order valence-electron chi connectivity index (χ0n) is 19.0. The SMILES string of the molecule is CC(=O)N1CCN(c2ccc(-c3ccc(S(=O)(=O)N4CC=C(C(=O)NO)CC4)cc3)cc2)CC1. The Morgan fingerprint density at radius 1 is 0.882 bits per heavy atom. The van der Waals surface area contributed by atoms with Gasteiger partial charge in [-0.2, -0.15) is 4.31 Å². The number of amides is 2. The van der Waals surface area contributed by atoms with Gasteiger partial charge in [0.15, 0.2) is 0 Å². The summed E-state index contributed by atoms with van der Waals surface area (Å²) in [6, 6.07) is 14.9. The van der Waals surface area contributed by atoms with E-state index >= 15 is 0 Å². The van der Waals surface area contributed by atoms with Crippen LogP contribution in [0.15, 0.2) is 65.1 Å². The van der Waals surface area contributed by atoms with E-state index in [1.165, 1.54) is 10.4 Å². The number of sulfonamides is 1. The third-order valence-corrected chi connectivity index (χ3v) is 8.23. The number of anilines is 1. The molecular formula is C24H28N4O5S. The van der Waals surface area contributed by atoms with Gasteiger partial charge < -0.3 is 9.80 Å². The standard InChI is InChI=1S/C24H28N4O5S/c1-18(29)26-14-16-27(17-15-26)22-6-2-19(3-7-22)20-4-8-23(9-5-20)34(32,33)28-12-10-21(11-13-28)24(30)25-31/h2-10,31H,11-17H2,1H3,(H,25,30). The monoisotopic (exact) mass is 484 g/mol. The molecule has 2 heterocycles. The molecule has 1 fully saturated rings. The van der Waals surface area contributed by atoms with Crippen LogP contribution in [-0.4, -0.2) is 73.9 Å². The molecular weight excluding hydrogens is 456 g/mol. The zero-order chi connectivity index (χ0) is 24.3. The number of hydrogen-bond acceptors (Lipinski definition) is 6. The highest BCUT2D eigenvalue weighted by molar-refractivity contribution is 7.89. The first-order chi connectivity index (χ1) is 16.3. The van der Waals surface area contributed by atoms with Gasteiger partial charge in [-0.3, -0.25) is 14.8 Å². The molecule has 2 aliphatic heterocycles. The van der Waals surface area contributed by atoms with Crippen molar-refractivity contribution >= 4 is 27.5 Å². The Labute approximate surface area is 199 Å². The van der Waals surface area contributed by atoms with Crippen molar-refractivity contribution in [1.82, 2.24) is 14.7 Å². The van der Waals surface area contributed by atoms with Crippen molar-refractivity contribution in [3.63, 3.8) is 0 Å². The van der Waals surface area contributed by atoms with E-state index in [0.29, 0.717) is 5.57 Å². The molecule has 2 aliphatic rings. The molecule has 0 saturated carbocycles. The lowest BCUT2D eigenvalue weighted by molar-refractivity contribution is -0.129. The van der Waals surface area contributed by atoms with Gasteiger partial charge in [0, 0.05) is 57.5 Å². The van der Waals surface area contributed by atoms with Crippen LogP contribution in [0.4, 0.5) is 5.69 Å². The average Bonchev–Trinajstić information content (AvgIpc) is 2.88. The first-order valence-electron chi connectivity index (χ1n) is 11.1. The molecule has 34 heavy (non-hydrogen) atoms. The second-order valence-electron chi connectivity index (χ2n) is 8.35. The molecule has 0 radical (unpaired) electrons. The van der Waals surface area contributed by atoms with E-state index in [1.54, 1.807) is 36.7 Å². The summed E-state index contributed by atoms with van der Waals surface area (Å²) in [5.74, 6) is -0.498. The Morgan fingerprint density at radius 3 is 1.97 bits per heavy atom. The van der Waals surface area contributed by atoms with Crippen LogP contribution in [0, 0.1) is 0 Å². The summed E-state index contributed by atoms with van der Waals surface area (Å²) in [6.07, 6.45) is 1.75. The van der Waals surface area contributed by atoms with E-state index in [-0.39, 0.29) is 30.3 Å². The normalized spacial score (nSPS) is 17.3. The van der Waals surface area contributed by atoms with Gasteiger partial charge in [0.2, 0.25) is 15.9 Å². The van der Waals surface area contributed by atoms with Crippen LogP contribution in [-0.2, 0) is 19.6 Å². The van der Waals surface area contributed by atoms with Crippen molar-refractivity contribution < 1.29 is 23.2 Å². The molecule has 180 valence electrons. The summed E-state index contributed by atoms with van der Waals surface area (Å²) in [4.78, 5) is 27.3. The quantitative estimate of drug-likeness (QED) is 0.495. The number of hydroxylamine groups is 1. The van der Waals surface area contributed by atoms with Crippen molar-refractivity contribution in [1.29, 1.82) is 0 Å². The Morgan fingerprint density at radius 2 is 1.47 bits per heavy atom. The van der Waals surface area contributed by atoms with E-state index in [1.807, 2.05) is 29.2 Å². The number of benzene rings is 2. The van der Waals surface area contributed by atoms with Gasteiger partial charge in [0.05, 0.1) is 4.90 Å². The minimum Gasteiger partial charge on any atom is -0.368 e. The van der Waals surface area contributed by atoms with Crippen LogP contribution in [0.1, 0.15) is 13.3 Å². The van der Waals surface area contributed by atoms with Gasteiger partial charge in [0.1, 0.15) is 0 Å². The molecule has 9 nitrogen and oxygen atoms in total. The van der Waals surface area contributed by atoms with Crippen LogP contribution in [0.2, 0.25) is 0 Å². The molecule has 4 rings (SSSR count). The molecule has 2 N–H and O–H groups in total. The second kappa shape index (κ2) is 9.96. The largest absolute Gasteiger partial charge is 0.368 e. The highest BCUT2D eigenvalue weighted by Gasteiger charge is 2.27. The molecule has 2 aromatic carbocycles. The Hall–Kier alpha value is -3.21. The van der Waals surface area contributed by atoms with E-state index in [0.717, 1.165) is 43.0 Å². The van der Waals surface area contributed by atoms with E-state index in [9.17, 15) is 18.0 Å². The predicted molar refractivity (Wildman–Crippen MR) is 128 cm³/mol. The number of nitrogens with zero attached hydrogens (tertiary/aromatic N) is 3. The van der Waals surface area contributed by atoms with Crippen molar-refractivity contribution in [3.8, 4) is 11.1 Å². The summed E-state index contributed by atoms with van der Waals surface area (Å²) in [6.45, 7) is 4.87. The first-order valence-corrected chi connectivity index (χ1v) is 12.6. The van der Waals surface area contributed by atoms with Crippen molar-refractivity contribution in [2.45, 2.75) is 18.2 Å². The lowest BCUT2D eigenvalue weighted by Crippen LogP contribution is -2.48. The summed E-state index contributed by atoms with van der Waals surface area (Å²) in [5.41, 5.74) is 4.93. The molecule has 0 atom stereocenters. The summed E-state index contributed by atoms with van der Waals surface area (Å²) in [7, 11) is -3.69. The number of piperazine rings is 1. The van der Waals surface area contributed by atoms with E-state index < -0.39 is 15.9 Å². The Balaban J connectivity index is 1.42. The minimum atomic E-state index is -3.69. The van der Waals surface area contributed by atoms with Gasteiger partial charge >= 0.3 is 0 Å². The van der Waals surface area contributed by atoms with Crippen molar-refractivity contribution in [3.05, 3.63) is 60.2 Å². The van der Waals surface area contributed by atoms with Gasteiger partial charge in [-0.25, -0.2) is 13.9 Å². The first kappa shape index (κ1) is 23.9. The van der Waals surface area contributed by atoms with E-state index in [4.69, 9.17) is 5.21 Å². The summed E-state index contributed by atoms with van der Waals surface area (Å²) < 4.78 is 27.3. The average molecular weight is 485 g/mol. The number of nitrogens with one attached hydrogen (secondary N) is 1. The minimum absolute atomic E-state index is 0.0783. The van der Waals surface area contributed by atoms with Gasteiger partial charge in [-0.05, 0) is 41.8 Å². The smallest absolute Gasteiger partial charge is 0.270 e. The fourth-order valence-electron chi connectivity index (χ4n) is 4.26. The van der Waals surface area contributed by atoms with Crippen LogP contribution in [0.25, 0.3) is 11.1 Å². The highest BCUT2D eigenvalue weighted by atomic mass is 32.2. The maximum absolute atomic E-state index is 13.0.